The third-order valence-corrected chi connectivity index (χ3v) is 6.96. The van der Waals surface area contributed by atoms with Crippen LogP contribution in [-0.4, -0.2) is 10.8 Å². The number of hydrogen-bond acceptors (Lipinski definition) is 0. The van der Waals surface area contributed by atoms with Gasteiger partial charge in [0.2, 0.25) is 0 Å². The van der Waals surface area contributed by atoms with Crippen LogP contribution in [0.4, 0.5) is 0 Å². The SMILES string of the molecule is ClC1C(=C(c2ccccc2)c2ccccc2)C(=C(c2ccccc2)c2ccccc2)C1Cl. The van der Waals surface area contributed by atoms with Gasteiger partial charge < -0.3 is 0 Å². The van der Waals surface area contributed by atoms with Gasteiger partial charge in [0.05, 0.1) is 10.8 Å². The number of halogens is 2. The molecule has 5 rings (SSSR count). The van der Waals surface area contributed by atoms with Crippen molar-refractivity contribution >= 4 is 34.3 Å². The summed E-state index contributed by atoms with van der Waals surface area (Å²) in [6, 6.07) is 41.8. The molecule has 1 aliphatic carbocycles. The average Bonchev–Trinajstić information content (AvgIpc) is 2.88. The maximum absolute atomic E-state index is 6.95. The van der Waals surface area contributed by atoms with Crippen molar-refractivity contribution in [3.05, 3.63) is 155 Å². The highest BCUT2D eigenvalue weighted by Gasteiger charge is 2.43. The fourth-order valence-electron chi connectivity index (χ4n) is 4.41. The van der Waals surface area contributed by atoms with Gasteiger partial charge in [-0.25, -0.2) is 0 Å². The molecule has 1 aliphatic rings. The van der Waals surface area contributed by atoms with Crippen LogP contribution in [-0.2, 0) is 0 Å². The second-order valence-electron chi connectivity index (χ2n) is 7.84. The van der Waals surface area contributed by atoms with E-state index in [0.717, 1.165) is 44.5 Å². The van der Waals surface area contributed by atoms with E-state index in [2.05, 4.69) is 97.1 Å². The van der Waals surface area contributed by atoms with E-state index in [-0.39, 0.29) is 10.8 Å². The van der Waals surface area contributed by atoms with Crippen LogP contribution in [0, 0.1) is 0 Å². The first kappa shape index (κ1) is 20.8. The van der Waals surface area contributed by atoms with Crippen LogP contribution in [0.5, 0.6) is 0 Å². The summed E-state index contributed by atoms with van der Waals surface area (Å²) in [4.78, 5) is 0. The van der Waals surface area contributed by atoms with Crippen molar-refractivity contribution in [2.45, 2.75) is 10.8 Å². The molecule has 0 radical (unpaired) electrons. The fraction of sp³-hybridized carbons (Fsp3) is 0.0667. The molecule has 0 nitrogen and oxygen atoms in total. The quantitative estimate of drug-likeness (QED) is 0.273. The van der Waals surface area contributed by atoms with Crippen LogP contribution in [0.3, 0.4) is 0 Å². The minimum Gasteiger partial charge on any atom is -0.116 e. The summed E-state index contributed by atoms with van der Waals surface area (Å²) in [6.07, 6.45) is 0. The molecule has 1 saturated carbocycles. The van der Waals surface area contributed by atoms with E-state index in [0.29, 0.717) is 0 Å². The van der Waals surface area contributed by atoms with E-state index in [9.17, 15) is 0 Å². The van der Waals surface area contributed by atoms with E-state index >= 15 is 0 Å². The van der Waals surface area contributed by atoms with E-state index in [4.69, 9.17) is 23.2 Å². The summed E-state index contributed by atoms with van der Waals surface area (Å²) in [5, 5.41) is -0.547. The summed E-state index contributed by atoms with van der Waals surface area (Å²) in [5.41, 5.74) is 9.05. The Kier molecular flexibility index (Phi) is 5.99. The average molecular weight is 453 g/mol. The lowest BCUT2D eigenvalue weighted by atomic mass is 9.72. The highest BCUT2D eigenvalue weighted by Crippen LogP contribution is 2.51. The van der Waals surface area contributed by atoms with Gasteiger partial charge in [-0.3, -0.25) is 0 Å². The van der Waals surface area contributed by atoms with Gasteiger partial charge in [0.25, 0.3) is 0 Å². The highest BCUT2D eigenvalue weighted by atomic mass is 35.5. The Bertz CT molecular complexity index is 1070. The molecule has 0 amide bonds. The summed E-state index contributed by atoms with van der Waals surface area (Å²) < 4.78 is 0. The van der Waals surface area contributed by atoms with Gasteiger partial charge in [0.1, 0.15) is 0 Å². The molecule has 4 aromatic rings. The molecule has 2 heteroatoms. The highest BCUT2D eigenvalue weighted by molar-refractivity contribution is 6.37. The third-order valence-electron chi connectivity index (χ3n) is 5.89. The Morgan fingerprint density at radius 3 is 0.812 bits per heavy atom. The zero-order valence-corrected chi connectivity index (χ0v) is 19.0. The van der Waals surface area contributed by atoms with E-state index in [1.54, 1.807) is 0 Å². The molecule has 0 bridgehead atoms. The minimum atomic E-state index is -0.274. The predicted molar refractivity (Wildman–Crippen MR) is 137 cm³/mol. The van der Waals surface area contributed by atoms with Crippen LogP contribution in [0.15, 0.2) is 132 Å². The van der Waals surface area contributed by atoms with E-state index < -0.39 is 0 Å². The van der Waals surface area contributed by atoms with E-state index in [1.165, 1.54) is 0 Å². The molecule has 2 unspecified atom stereocenters. The molecule has 32 heavy (non-hydrogen) atoms. The summed E-state index contributed by atoms with van der Waals surface area (Å²) in [7, 11) is 0. The monoisotopic (exact) mass is 452 g/mol. The Morgan fingerprint density at radius 2 is 0.594 bits per heavy atom. The number of rotatable bonds is 4. The van der Waals surface area contributed by atoms with Crippen molar-refractivity contribution in [2.75, 3.05) is 0 Å². The van der Waals surface area contributed by atoms with Gasteiger partial charge in [0, 0.05) is 0 Å². The topological polar surface area (TPSA) is 0 Å². The predicted octanol–water partition coefficient (Wildman–Crippen LogP) is 8.22. The molecule has 2 atom stereocenters. The Labute approximate surface area is 199 Å². The maximum atomic E-state index is 6.95. The van der Waals surface area contributed by atoms with E-state index in [1.807, 2.05) is 24.3 Å². The smallest absolute Gasteiger partial charge is 0.0800 e. The molecule has 0 N–H and O–H groups in total. The minimum absolute atomic E-state index is 0.274. The Morgan fingerprint density at radius 1 is 0.375 bits per heavy atom. The molecule has 0 saturated heterocycles. The maximum Gasteiger partial charge on any atom is 0.0800 e. The first-order valence-electron chi connectivity index (χ1n) is 10.7. The van der Waals surface area contributed by atoms with Crippen molar-refractivity contribution in [1.29, 1.82) is 0 Å². The third kappa shape index (κ3) is 3.81. The second kappa shape index (κ2) is 9.20. The second-order valence-corrected chi connectivity index (χ2v) is 8.79. The van der Waals surface area contributed by atoms with Crippen LogP contribution >= 0.6 is 23.2 Å². The van der Waals surface area contributed by atoms with Crippen molar-refractivity contribution in [2.24, 2.45) is 0 Å². The Balaban J connectivity index is 1.85. The lowest BCUT2D eigenvalue weighted by Gasteiger charge is -2.39. The van der Waals surface area contributed by atoms with Gasteiger partial charge >= 0.3 is 0 Å². The largest absolute Gasteiger partial charge is 0.116 e. The van der Waals surface area contributed by atoms with Gasteiger partial charge in [-0.15, -0.1) is 23.2 Å². The zero-order valence-electron chi connectivity index (χ0n) is 17.5. The number of alkyl halides is 2. The van der Waals surface area contributed by atoms with Gasteiger partial charge in [0.15, 0.2) is 0 Å². The summed E-state index contributed by atoms with van der Waals surface area (Å²) >= 11 is 13.9. The van der Waals surface area contributed by atoms with Crippen molar-refractivity contribution in [3.8, 4) is 0 Å². The van der Waals surface area contributed by atoms with Gasteiger partial charge in [-0.1, -0.05) is 121 Å². The molecular weight excluding hydrogens is 431 g/mol. The van der Waals surface area contributed by atoms with Crippen molar-refractivity contribution in [3.63, 3.8) is 0 Å². The normalized spacial score (nSPS) is 17.6. The number of allylic oxidation sites excluding steroid dienone is 2. The first-order valence-corrected chi connectivity index (χ1v) is 11.6. The molecule has 1 fully saturated rings. The lowest BCUT2D eigenvalue weighted by molar-refractivity contribution is 0.849. The molecule has 0 heterocycles. The lowest BCUT2D eigenvalue weighted by Crippen LogP contribution is -2.36. The molecule has 0 spiro atoms. The molecular formula is C30H22Cl2. The van der Waals surface area contributed by atoms with Gasteiger partial charge in [-0.2, -0.15) is 0 Å². The van der Waals surface area contributed by atoms with Crippen molar-refractivity contribution in [1.82, 2.24) is 0 Å². The fourth-order valence-corrected chi connectivity index (χ4v) is 5.12. The first-order chi connectivity index (χ1) is 15.8. The molecule has 4 aromatic carbocycles. The van der Waals surface area contributed by atoms with Crippen LogP contribution in [0.1, 0.15) is 22.3 Å². The Hall–Kier alpha value is -3.06. The van der Waals surface area contributed by atoms with Crippen LogP contribution in [0.2, 0.25) is 0 Å². The molecule has 0 aliphatic heterocycles. The summed E-state index contributed by atoms with van der Waals surface area (Å²) in [6.45, 7) is 0. The van der Waals surface area contributed by atoms with Crippen molar-refractivity contribution < 1.29 is 0 Å². The molecule has 0 aromatic heterocycles. The zero-order chi connectivity index (χ0) is 21.9. The van der Waals surface area contributed by atoms with Crippen LogP contribution < -0.4 is 0 Å². The summed E-state index contributed by atoms with van der Waals surface area (Å²) in [5.74, 6) is 0. The van der Waals surface area contributed by atoms with Crippen LogP contribution in [0.25, 0.3) is 11.1 Å². The number of benzene rings is 4. The standard InChI is InChI=1S/C30H22Cl2/c31-29-27(25(21-13-5-1-6-14-21)22-15-7-2-8-16-22)28(30(29)32)26(23-17-9-3-10-18-23)24-19-11-4-12-20-24/h1-20,29-30H. The molecule has 156 valence electrons. The van der Waals surface area contributed by atoms with Gasteiger partial charge in [-0.05, 0) is 44.5 Å². The number of hydrogen-bond donors (Lipinski definition) is 0.